The number of nitrogens with zero attached hydrogens (tertiary/aromatic N) is 1. The van der Waals surface area contributed by atoms with E-state index >= 15 is 0 Å². The van der Waals surface area contributed by atoms with Crippen LogP contribution in [0.25, 0.3) is 0 Å². The molecule has 86 valence electrons. The number of hydrogen-bond acceptors (Lipinski definition) is 2. The van der Waals surface area contributed by atoms with Crippen molar-refractivity contribution in [2.45, 2.75) is 57.0 Å². The lowest BCUT2D eigenvalue weighted by Crippen LogP contribution is -2.46. The first-order valence-corrected chi connectivity index (χ1v) is 6.89. The lowest BCUT2D eigenvalue weighted by molar-refractivity contribution is 0.139. The van der Waals surface area contributed by atoms with Gasteiger partial charge in [0.25, 0.3) is 0 Å². The third-order valence-electron chi connectivity index (χ3n) is 4.16. The van der Waals surface area contributed by atoms with Crippen molar-refractivity contribution in [3.63, 3.8) is 0 Å². The Kier molecular flexibility index (Phi) is 2.98. The minimum absolute atomic E-state index is 0.861. The van der Waals surface area contributed by atoms with Gasteiger partial charge in [-0.15, -0.1) is 0 Å². The summed E-state index contributed by atoms with van der Waals surface area (Å²) in [5, 5.41) is 3.71. The van der Waals surface area contributed by atoms with Crippen LogP contribution in [0.15, 0.2) is 0 Å². The molecular formula is C13H24N2. The van der Waals surface area contributed by atoms with Crippen LogP contribution in [0.1, 0.15) is 44.9 Å². The normalized spacial score (nSPS) is 33.2. The molecule has 1 unspecified atom stereocenters. The van der Waals surface area contributed by atoms with Crippen molar-refractivity contribution in [1.29, 1.82) is 0 Å². The fraction of sp³-hybridized carbons (Fsp3) is 1.00. The molecule has 15 heavy (non-hydrogen) atoms. The van der Waals surface area contributed by atoms with Crippen molar-refractivity contribution in [2.24, 2.45) is 5.92 Å². The first-order valence-electron chi connectivity index (χ1n) is 6.89. The zero-order chi connectivity index (χ0) is 10.1. The van der Waals surface area contributed by atoms with Crippen molar-refractivity contribution >= 4 is 0 Å². The van der Waals surface area contributed by atoms with Crippen LogP contribution in [0.4, 0.5) is 0 Å². The van der Waals surface area contributed by atoms with Crippen LogP contribution in [0.3, 0.4) is 0 Å². The van der Waals surface area contributed by atoms with Crippen LogP contribution in [0.2, 0.25) is 0 Å². The van der Waals surface area contributed by atoms with Gasteiger partial charge in [0.1, 0.15) is 0 Å². The first-order chi connectivity index (χ1) is 7.42. The Morgan fingerprint density at radius 1 is 1.00 bits per heavy atom. The Morgan fingerprint density at radius 2 is 1.87 bits per heavy atom. The van der Waals surface area contributed by atoms with Gasteiger partial charge in [0.15, 0.2) is 0 Å². The maximum absolute atomic E-state index is 3.71. The first kappa shape index (κ1) is 10.1. The minimum Gasteiger partial charge on any atom is -0.312 e. The highest BCUT2D eigenvalue weighted by molar-refractivity contribution is 4.88. The molecule has 2 heteroatoms. The van der Waals surface area contributed by atoms with Crippen LogP contribution < -0.4 is 5.32 Å². The zero-order valence-electron chi connectivity index (χ0n) is 9.75. The number of likely N-dealkylation sites (tertiary alicyclic amines) is 1. The third-order valence-corrected chi connectivity index (χ3v) is 4.16. The van der Waals surface area contributed by atoms with Crippen LogP contribution in [-0.4, -0.2) is 36.6 Å². The molecule has 2 aliphatic carbocycles. The van der Waals surface area contributed by atoms with E-state index in [1.807, 2.05) is 0 Å². The summed E-state index contributed by atoms with van der Waals surface area (Å²) in [4.78, 5) is 2.77. The lowest BCUT2D eigenvalue weighted by Gasteiger charge is -2.36. The summed E-state index contributed by atoms with van der Waals surface area (Å²) in [5.74, 6) is 1.06. The van der Waals surface area contributed by atoms with E-state index < -0.39 is 0 Å². The summed E-state index contributed by atoms with van der Waals surface area (Å²) in [6.07, 6.45) is 10.2. The Labute approximate surface area is 93.4 Å². The summed E-state index contributed by atoms with van der Waals surface area (Å²) in [6, 6.07) is 1.75. The molecule has 0 amide bonds. The Morgan fingerprint density at radius 3 is 2.60 bits per heavy atom. The smallest absolute Gasteiger partial charge is 0.0220 e. The van der Waals surface area contributed by atoms with Gasteiger partial charge in [0, 0.05) is 25.2 Å². The second-order valence-electron chi connectivity index (χ2n) is 5.77. The molecule has 3 fully saturated rings. The van der Waals surface area contributed by atoms with E-state index in [4.69, 9.17) is 0 Å². The van der Waals surface area contributed by atoms with Crippen molar-refractivity contribution < 1.29 is 0 Å². The third kappa shape index (κ3) is 2.94. The van der Waals surface area contributed by atoms with Gasteiger partial charge in [-0.25, -0.2) is 0 Å². The molecule has 0 bridgehead atoms. The molecule has 1 atom stereocenters. The number of piperidine rings is 1. The summed E-state index contributed by atoms with van der Waals surface area (Å²) >= 11 is 0. The molecule has 0 radical (unpaired) electrons. The van der Waals surface area contributed by atoms with Crippen LogP contribution in [0.5, 0.6) is 0 Å². The van der Waals surface area contributed by atoms with Crippen molar-refractivity contribution in [3.8, 4) is 0 Å². The molecule has 3 rings (SSSR count). The molecule has 0 aromatic rings. The minimum atomic E-state index is 0.861. The zero-order valence-corrected chi connectivity index (χ0v) is 9.75. The van der Waals surface area contributed by atoms with Gasteiger partial charge >= 0.3 is 0 Å². The van der Waals surface area contributed by atoms with E-state index in [-0.39, 0.29) is 0 Å². The largest absolute Gasteiger partial charge is 0.312 e. The highest BCUT2D eigenvalue weighted by Crippen LogP contribution is 2.32. The Bertz CT molecular complexity index is 209. The van der Waals surface area contributed by atoms with Gasteiger partial charge in [-0.1, -0.05) is 6.42 Å². The van der Waals surface area contributed by atoms with E-state index in [9.17, 15) is 0 Å². The highest BCUT2D eigenvalue weighted by Gasteiger charge is 2.30. The monoisotopic (exact) mass is 208 g/mol. The molecular weight excluding hydrogens is 184 g/mol. The lowest BCUT2D eigenvalue weighted by atomic mass is 10.0. The van der Waals surface area contributed by atoms with Gasteiger partial charge < -0.3 is 5.32 Å². The molecule has 2 saturated carbocycles. The molecule has 1 aliphatic heterocycles. The highest BCUT2D eigenvalue weighted by atomic mass is 15.2. The van der Waals surface area contributed by atoms with Gasteiger partial charge in [-0.3, -0.25) is 4.90 Å². The standard InChI is InChI=1S/C13H24N2/c1-2-8-15(10-11-4-5-11)13(3-1)9-14-12-6-7-12/h11-14H,1-10H2. The average molecular weight is 208 g/mol. The second kappa shape index (κ2) is 4.42. The van der Waals surface area contributed by atoms with Crippen molar-refractivity contribution in [1.82, 2.24) is 10.2 Å². The van der Waals surface area contributed by atoms with Crippen LogP contribution in [-0.2, 0) is 0 Å². The molecule has 2 nitrogen and oxygen atoms in total. The van der Waals surface area contributed by atoms with E-state index in [1.165, 1.54) is 64.6 Å². The van der Waals surface area contributed by atoms with E-state index in [1.54, 1.807) is 0 Å². The molecule has 0 aromatic heterocycles. The fourth-order valence-corrected chi connectivity index (χ4v) is 2.75. The predicted molar refractivity (Wildman–Crippen MR) is 63.0 cm³/mol. The van der Waals surface area contributed by atoms with Crippen molar-refractivity contribution in [2.75, 3.05) is 19.6 Å². The van der Waals surface area contributed by atoms with Crippen LogP contribution >= 0.6 is 0 Å². The van der Waals surface area contributed by atoms with Crippen LogP contribution in [0, 0.1) is 5.92 Å². The van der Waals surface area contributed by atoms with E-state index in [0.29, 0.717) is 0 Å². The fourth-order valence-electron chi connectivity index (χ4n) is 2.75. The van der Waals surface area contributed by atoms with Gasteiger partial charge in [0.2, 0.25) is 0 Å². The maximum Gasteiger partial charge on any atom is 0.0220 e. The molecule has 3 aliphatic rings. The second-order valence-corrected chi connectivity index (χ2v) is 5.77. The number of nitrogens with one attached hydrogen (secondary N) is 1. The van der Waals surface area contributed by atoms with E-state index in [2.05, 4.69) is 10.2 Å². The molecule has 1 heterocycles. The Balaban J connectivity index is 1.46. The quantitative estimate of drug-likeness (QED) is 0.743. The molecule has 0 spiro atoms. The molecule has 1 N–H and O–H groups in total. The topological polar surface area (TPSA) is 15.3 Å². The summed E-state index contributed by atoms with van der Waals surface area (Å²) in [5.41, 5.74) is 0. The molecule has 0 aromatic carbocycles. The average Bonchev–Trinajstić information content (AvgIpc) is 3.12. The Hall–Kier alpha value is -0.0800. The van der Waals surface area contributed by atoms with Gasteiger partial charge in [0.05, 0.1) is 0 Å². The number of hydrogen-bond donors (Lipinski definition) is 1. The van der Waals surface area contributed by atoms with E-state index in [0.717, 1.165) is 18.0 Å². The SMILES string of the molecule is C1CCN(CC2CC2)C(CNC2CC2)C1. The number of rotatable bonds is 5. The van der Waals surface area contributed by atoms with Crippen molar-refractivity contribution in [3.05, 3.63) is 0 Å². The summed E-state index contributed by atoms with van der Waals surface area (Å²) < 4.78 is 0. The summed E-state index contributed by atoms with van der Waals surface area (Å²) in [6.45, 7) is 4.03. The van der Waals surface area contributed by atoms with Gasteiger partial charge in [-0.05, 0) is 51.0 Å². The van der Waals surface area contributed by atoms with Gasteiger partial charge in [-0.2, -0.15) is 0 Å². The maximum atomic E-state index is 3.71. The predicted octanol–water partition coefficient (Wildman–Crippen LogP) is 2.00. The molecule has 1 saturated heterocycles. The summed E-state index contributed by atoms with van der Waals surface area (Å²) in [7, 11) is 0.